The van der Waals surface area contributed by atoms with Crippen molar-refractivity contribution in [2.24, 2.45) is 5.92 Å². The second-order valence-corrected chi connectivity index (χ2v) is 10.8. The molecule has 0 spiro atoms. The molecule has 1 saturated carbocycles. The van der Waals surface area contributed by atoms with Crippen molar-refractivity contribution < 1.29 is 13.2 Å². The van der Waals surface area contributed by atoms with Crippen molar-refractivity contribution in [3.63, 3.8) is 0 Å². The third-order valence-corrected chi connectivity index (χ3v) is 8.40. The first kappa shape index (κ1) is 21.3. The highest BCUT2D eigenvalue weighted by Gasteiger charge is 2.27. The van der Waals surface area contributed by atoms with Crippen molar-refractivity contribution in [1.29, 1.82) is 0 Å². The normalized spacial score (nSPS) is 18.1. The number of sulfonamides is 1. The van der Waals surface area contributed by atoms with Gasteiger partial charge in [0.1, 0.15) is 5.82 Å². The van der Waals surface area contributed by atoms with E-state index in [-0.39, 0.29) is 16.6 Å². The monoisotopic (exact) mass is 449 g/mol. The molecule has 1 amide bonds. The fourth-order valence-electron chi connectivity index (χ4n) is 4.04. The van der Waals surface area contributed by atoms with Crippen LogP contribution in [0.15, 0.2) is 34.3 Å². The summed E-state index contributed by atoms with van der Waals surface area (Å²) in [5.41, 5.74) is 0.567. The molecular formula is C20H27N5O3S2. The van der Waals surface area contributed by atoms with Crippen LogP contribution in [0.5, 0.6) is 0 Å². The van der Waals surface area contributed by atoms with E-state index in [4.69, 9.17) is 0 Å². The van der Waals surface area contributed by atoms with E-state index in [2.05, 4.69) is 20.5 Å². The van der Waals surface area contributed by atoms with Gasteiger partial charge in [0, 0.05) is 25.2 Å². The number of aromatic amines is 1. The summed E-state index contributed by atoms with van der Waals surface area (Å²) in [6, 6.07) is 6.33. The van der Waals surface area contributed by atoms with Crippen LogP contribution in [0, 0.1) is 5.92 Å². The number of anilines is 1. The molecule has 8 nitrogen and oxygen atoms in total. The molecule has 1 aromatic heterocycles. The Morgan fingerprint density at radius 1 is 1.13 bits per heavy atom. The predicted molar refractivity (Wildman–Crippen MR) is 116 cm³/mol. The van der Waals surface area contributed by atoms with Crippen LogP contribution in [0.25, 0.3) is 0 Å². The lowest BCUT2D eigenvalue weighted by Gasteiger charge is -2.15. The van der Waals surface area contributed by atoms with Crippen LogP contribution < -0.4 is 5.32 Å². The van der Waals surface area contributed by atoms with Crippen molar-refractivity contribution in [3.05, 3.63) is 30.1 Å². The smallest absolute Gasteiger partial charge is 0.243 e. The first-order valence-corrected chi connectivity index (χ1v) is 12.9. The first-order valence-electron chi connectivity index (χ1n) is 10.4. The van der Waals surface area contributed by atoms with E-state index >= 15 is 0 Å². The molecule has 2 fully saturated rings. The Morgan fingerprint density at radius 2 is 1.83 bits per heavy atom. The molecule has 2 aromatic rings. The molecule has 4 rings (SSSR count). The Bertz CT molecular complexity index is 963. The van der Waals surface area contributed by atoms with Crippen LogP contribution in [0.3, 0.4) is 0 Å². The summed E-state index contributed by atoms with van der Waals surface area (Å²) in [7, 11) is -3.44. The molecule has 0 unspecified atom stereocenters. The van der Waals surface area contributed by atoms with Gasteiger partial charge in [-0.05, 0) is 43.0 Å². The zero-order valence-corrected chi connectivity index (χ0v) is 18.5. The van der Waals surface area contributed by atoms with Crippen LogP contribution in [0.2, 0.25) is 0 Å². The summed E-state index contributed by atoms with van der Waals surface area (Å²) in [6.45, 7) is 1.14. The number of rotatable bonds is 8. The summed E-state index contributed by atoms with van der Waals surface area (Å²) in [6.07, 6.45) is 7.83. The molecule has 162 valence electrons. The van der Waals surface area contributed by atoms with Crippen LogP contribution in [-0.4, -0.2) is 52.7 Å². The molecule has 1 aliphatic carbocycles. The van der Waals surface area contributed by atoms with E-state index in [9.17, 15) is 13.2 Å². The number of hydrogen-bond donors (Lipinski definition) is 2. The maximum absolute atomic E-state index is 12.6. The number of nitrogens with zero attached hydrogens (tertiary/aromatic N) is 3. The summed E-state index contributed by atoms with van der Waals surface area (Å²) < 4.78 is 26.6. The van der Waals surface area contributed by atoms with Gasteiger partial charge >= 0.3 is 0 Å². The molecule has 2 aliphatic rings. The topological polar surface area (TPSA) is 108 Å². The molecule has 30 heavy (non-hydrogen) atoms. The van der Waals surface area contributed by atoms with Crippen LogP contribution >= 0.6 is 11.8 Å². The third kappa shape index (κ3) is 5.22. The number of aromatic nitrogens is 3. The van der Waals surface area contributed by atoms with Crippen molar-refractivity contribution in [1.82, 2.24) is 19.5 Å². The van der Waals surface area contributed by atoms with Gasteiger partial charge in [-0.3, -0.25) is 9.89 Å². The van der Waals surface area contributed by atoms with Gasteiger partial charge in [0.2, 0.25) is 21.1 Å². The summed E-state index contributed by atoms with van der Waals surface area (Å²) in [5, 5.41) is 10.5. The van der Waals surface area contributed by atoms with Crippen molar-refractivity contribution in [2.45, 2.75) is 55.0 Å². The largest absolute Gasteiger partial charge is 0.325 e. The number of hydrogen-bond acceptors (Lipinski definition) is 6. The van der Waals surface area contributed by atoms with Gasteiger partial charge in [-0.25, -0.2) is 13.4 Å². The number of carbonyl (C=O) groups excluding carboxylic acids is 1. The lowest BCUT2D eigenvalue weighted by atomic mass is 10.0. The average Bonchev–Trinajstić information content (AvgIpc) is 3.50. The van der Waals surface area contributed by atoms with E-state index in [1.165, 1.54) is 41.8 Å². The number of H-pyrrole nitrogens is 1. The molecule has 1 saturated heterocycles. The minimum Gasteiger partial charge on any atom is -0.325 e. The molecule has 1 aliphatic heterocycles. The number of carbonyl (C=O) groups is 1. The molecule has 2 heterocycles. The Balaban J connectivity index is 1.26. The van der Waals surface area contributed by atoms with Gasteiger partial charge in [-0.2, -0.15) is 4.31 Å². The molecule has 10 heteroatoms. The van der Waals surface area contributed by atoms with E-state index < -0.39 is 10.0 Å². The highest BCUT2D eigenvalue weighted by molar-refractivity contribution is 7.99. The number of nitrogens with one attached hydrogen (secondary N) is 2. The van der Waals surface area contributed by atoms with E-state index in [1.54, 1.807) is 24.3 Å². The highest BCUT2D eigenvalue weighted by Crippen LogP contribution is 2.27. The van der Waals surface area contributed by atoms with Gasteiger partial charge in [-0.1, -0.05) is 37.4 Å². The molecule has 0 radical (unpaired) electrons. The molecule has 1 aromatic carbocycles. The zero-order chi connectivity index (χ0) is 21.0. The summed E-state index contributed by atoms with van der Waals surface area (Å²) in [4.78, 5) is 17.0. The number of thioether (sulfide) groups is 1. The second-order valence-electron chi connectivity index (χ2n) is 7.89. The molecule has 2 N–H and O–H groups in total. The average molecular weight is 450 g/mol. The van der Waals surface area contributed by atoms with Crippen molar-refractivity contribution in [3.8, 4) is 0 Å². The molecular weight excluding hydrogens is 422 g/mol. The van der Waals surface area contributed by atoms with Crippen LogP contribution in [-0.2, 0) is 21.2 Å². The van der Waals surface area contributed by atoms with Gasteiger partial charge < -0.3 is 5.32 Å². The second kappa shape index (κ2) is 9.49. The minimum atomic E-state index is -3.44. The number of benzene rings is 1. The fraction of sp³-hybridized carbons (Fsp3) is 0.550. The fourth-order valence-corrected chi connectivity index (χ4v) is 6.17. The van der Waals surface area contributed by atoms with Crippen molar-refractivity contribution in [2.75, 3.05) is 24.2 Å². The van der Waals surface area contributed by atoms with E-state index in [1.807, 2.05) is 0 Å². The van der Waals surface area contributed by atoms with E-state index in [0.717, 1.165) is 25.1 Å². The summed E-state index contributed by atoms with van der Waals surface area (Å²) in [5.74, 6) is 1.59. The van der Waals surface area contributed by atoms with E-state index in [0.29, 0.717) is 29.9 Å². The zero-order valence-electron chi connectivity index (χ0n) is 16.8. The molecule has 0 atom stereocenters. The van der Waals surface area contributed by atoms with Gasteiger partial charge in [0.05, 0.1) is 10.6 Å². The van der Waals surface area contributed by atoms with Crippen molar-refractivity contribution >= 4 is 33.4 Å². The van der Waals surface area contributed by atoms with Gasteiger partial charge in [0.25, 0.3) is 0 Å². The lowest BCUT2D eigenvalue weighted by Crippen LogP contribution is -2.27. The minimum absolute atomic E-state index is 0.183. The Labute approximate surface area is 181 Å². The quantitative estimate of drug-likeness (QED) is 0.600. The maximum atomic E-state index is 12.6. The van der Waals surface area contributed by atoms with Gasteiger partial charge in [0.15, 0.2) is 0 Å². The Hall–Kier alpha value is -1.91. The SMILES string of the molecule is O=C(CSc1n[nH]c(CC2CCCC2)n1)Nc1ccc(S(=O)(=O)N2CCCC2)cc1. The predicted octanol–water partition coefficient (Wildman–Crippen LogP) is 3.05. The summed E-state index contributed by atoms with van der Waals surface area (Å²) >= 11 is 1.28. The van der Waals surface area contributed by atoms with Crippen LogP contribution in [0.1, 0.15) is 44.3 Å². The number of amides is 1. The maximum Gasteiger partial charge on any atom is 0.243 e. The lowest BCUT2D eigenvalue weighted by molar-refractivity contribution is -0.113. The van der Waals surface area contributed by atoms with Gasteiger partial charge in [-0.15, -0.1) is 5.10 Å². The molecule has 0 bridgehead atoms. The Morgan fingerprint density at radius 3 is 2.53 bits per heavy atom. The highest BCUT2D eigenvalue weighted by atomic mass is 32.2. The first-order chi connectivity index (χ1) is 14.5. The Kier molecular flexibility index (Phi) is 6.74. The standard InChI is InChI=1S/C20H27N5O3S2/c26-19(14-29-20-22-18(23-24-20)13-15-5-1-2-6-15)21-16-7-9-17(10-8-16)30(27,28)25-11-3-4-12-25/h7-10,15H,1-6,11-14H2,(H,21,26)(H,22,23,24). The third-order valence-electron chi connectivity index (χ3n) is 5.64. The van der Waals surface area contributed by atoms with Crippen LogP contribution in [0.4, 0.5) is 5.69 Å².